The van der Waals surface area contributed by atoms with Crippen molar-refractivity contribution in [2.45, 2.75) is 32.7 Å². The number of amides is 2. The smallest absolute Gasteiger partial charge is 0.317 e. The quantitative estimate of drug-likeness (QED) is 0.627. The van der Waals surface area contributed by atoms with Crippen LogP contribution in [0.5, 0.6) is 0 Å². The molecule has 1 heterocycles. The highest BCUT2D eigenvalue weighted by Gasteiger charge is 2.28. The van der Waals surface area contributed by atoms with Gasteiger partial charge in [-0.25, -0.2) is 17.9 Å². The third-order valence-corrected chi connectivity index (χ3v) is 4.69. The number of carboxylic acid groups (broad SMARTS) is 1. The van der Waals surface area contributed by atoms with E-state index >= 15 is 0 Å². The third kappa shape index (κ3) is 6.30. The van der Waals surface area contributed by atoms with Crippen LogP contribution < -0.4 is 10.0 Å². The first-order chi connectivity index (χ1) is 9.71. The van der Waals surface area contributed by atoms with Crippen molar-refractivity contribution >= 4 is 22.0 Å². The van der Waals surface area contributed by atoms with Crippen LogP contribution in [0.1, 0.15) is 26.7 Å². The zero-order valence-corrected chi connectivity index (χ0v) is 13.1. The average molecular weight is 321 g/mol. The predicted octanol–water partition coefficient (Wildman–Crippen LogP) is -0.180. The highest BCUT2D eigenvalue weighted by molar-refractivity contribution is 7.89. The summed E-state index contributed by atoms with van der Waals surface area (Å²) in [5, 5.41) is 11.5. The van der Waals surface area contributed by atoms with Crippen molar-refractivity contribution in [3.63, 3.8) is 0 Å². The molecule has 2 amide bonds. The van der Waals surface area contributed by atoms with Crippen molar-refractivity contribution in [3.05, 3.63) is 0 Å². The molecule has 1 aliphatic rings. The van der Waals surface area contributed by atoms with E-state index in [2.05, 4.69) is 10.0 Å². The van der Waals surface area contributed by atoms with Crippen molar-refractivity contribution in [1.82, 2.24) is 14.9 Å². The molecule has 1 rings (SSSR count). The number of hydrogen-bond acceptors (Lipinski definition) is 4. The second-order valence-corrected chi connectivity index (χ2v) is 7.32. The molecule has 0 saturated carbocycles. The molecule has 0 aromatic carbocycles. The van der Waals surface area contributed by atoms with Crippen LogP contribution in [0, 0.1) is 5.92 Å². The van der Waals surface area contributed by atoms with E-state index in [1.807, 2.05) is 0 Å². The molecule has 1 unspecified atom stereocenters. The van der Waals surface area contributed by atoms with Gasteiger partial charge in [-0.1, -0.05) is 0 Å². The third-order valence-electron chi connectivity index (χ3n) is 3.12. The van der Waals surface area contributed by atoms with Crippen LogP contribution in [-0.4, -0.2) is 61.9 Å². The fourth-order valence-electron chi connectivity index (χ4n) is 2.19. The fourth-order valence-corrected chi connectivity index (χ4v) is 3.39. The molecule has 1 atom stereocenters. The number of urea groups is 1. The fraction of sp³-hybridized carbons (Fsp3) is 0.833. The Kier molecular flexibility index (Phi) is 6.41. The summed E-state index contributed by atoms with van der Waals surface area (Å²) >= 11 is 0. The second-order valence-electron chi connectivity index (χ2n) is 5.45. The summed E-state index contributed by atoms with van der Waals surface area (Å²) in [5.74, 6) is -1.65. The minimum atomic E-state index is -3.41. The number of nitrogens with one attached hydrogen (secondary N) is 2. The number of likely N-dealkylation sites (tertiary alicyclic amines) is 1. The molecular weight excluding hydrogens is 298 g/mol. The molecular formula is C12H23N3O5S. The number of rotatable bonds is 6. The van der Waals surface area contributed by atoms with Gasteiger partial charge in [0.2, 0.25) is 10.0 Å². The van der Waals surface area contributed by atoms with Crippen LogP contribution in [0.4, 0.5) is 4.79 Å². The molecule has 0 bridgehead atoms. The molecule has 0 aliphatic carbocycles. The van der Waals surface area contributed by atoms with Gasteiger partial charge in [-0.3, -0.25) is 4.79 Å². The lowest BCUT2D eigenvalue weighted by molar-refractivity contribution is -0.143. The van der Waals surface area contributed by atoms with Crippen molar-refractivity contribution in [3.8, 4) is 0 Å². The van der Waals surface area contributed by atoms with E-state index in [1.54, 1.807) is 13.8 Å². The lowest BCUT2D eigenvalue weighted by Crippen LogP contribution is -2.48. The average Bonchev–Trinajstić information content (AvgIpc) is 2.36. The molecule has 0 radical (unpaired) electrons. The lowest BCUT2D eigenvalue weighted by Gasteiger charge is -2.30. The summed E-state index contributed by atoms with van der Waals surface area (Å²) in [6.07, 6.45) is 1.20. The van der Waals surface area contributed by atoms with Gasteiger partial charge in [-0.2, -0.15) is 0 Å². The Balaban J connectivity index is 2.38. The molecule has 21 heavy (non-hydrogen) atoms. The highest BCUT2D eigenvalue weighted by atomic mass is 32.2. The Labute approximate surface area is 124 Å². The number of carbonyl (C=O) groups is 2. The molecule has 1 aliphatic heterocycles. The van der Waals surface area contributed by atoms with Crippen LogP contribution >= 0.6 is 0 Å². The summed E-state index contributed by atoms with van der Waals surface area (Å²) in [5.41, 5.74) is 0. The van der Waals surface area contributed by atoms with E-state index in [-0.39, 0.29) is 24.9 Å². The van der Waals surface area contributed by atoms with E-state index in [4.69, 9.17) is 5.11 Å². The molecule has 8 nitrogen and oxygen atoms in total. The molecule has 9 heteroatoms. The normalized spacial score (nSPS) is 19.6. The Morgan fingerprint density at radius 3 is 2.62 bits per heavy atom. The summed E-state index contributed by atoms with van der Waals surface area (Å²) in [4.78, 5) is 24.2. The SMILES string of the molecule is CC(C)NS(=O)(=O)CCNC(=O)N1CCCC(C(=O)O)C1. The molecule has 1 saturated heterocycles. The lowest BCUT2D eigenvalue weighted by atomic mass is 9.99. The van der Waals surface area contributed by atoms with Crippen LogP contribution in [0.3, 0.4) is 0 Å². The minimum absolute atomic E-state index is 0.00484. The molecule has 1 fully saturated rings. The minimum Gasteiger partial charge on any atom is -0.481 e. The van der Waals surface area contributed by atoms with E-state index in [9.17, 15) is 18.0 Å². The Morgan fingerprint density at radius 2 is 2.05 bits per heavy atom. The molecule has 3 N–H and O–H groups in total. The Bertz CT molecular complexity index is 477. The van der Waals surface area contributed by atoms with Crippen molar-refractivity contribution in [2.24, 2.45) is 5.92 Å². The number of carbonyl (C=O) groups excluding carboxylic acids is 1. The first-order valence-corrected chi connectivity index (χ1v) is 8.62. The summed E-state index contributed by atoms with van der Waals surface area (Å²) < 4.78 is 25.6. The van der Waals surface area contributed by atoms with Gasteiger partial charge >= 0.3 is 12.0 Å². The van der Waals surface area contributed by atoms with Gasteiger partial charge in [0.1, 0.15) is 0 Å². The van der Waals surface area contributed by atoms with Crippen LogP contribution in [-0.2, 0) is 14.8 Å². The van der Waals surface area contributed by atoms with Crippen LogP contribution in [0.15, 0.2) is 0 Å². The Morgan fingerprint density at radius 1 is 1.38 bits per heavy atom. The van der Waals surface area contributed by atoms with Gasteiger partial charge in [-0.05, 0) is 26.7 Å². The van der Waals surface area contributed by atoms with Gasteiger partial charge in [0, 0.05) is 25.7 Å². The number of carboxylic acids is 1. The molecule has 0 aromatic rings. The topological polar surface area (TPSA) is 116 Å². The molecule has 122 valence electrons. The zero-order chi connectivity index (χ0) is 16.0. The first-order valence-electron chi connectivity index (χ1n) is 6.97. The van der Waals surface area contributed by atoms with E-state index < -0.39 is 27.9 Å². The van der Waals surface area contributed by atoms with Gasteiger partial charge in [-0.15, -0.1) is 0 Å². The van der Waals surface area contributed by atoms with Crippen molar-refractivity contribution < 1.29 is 23.1 Å². The monoisotopic (exact) mass is 321 g/mol. The first kappa shape index (κ1) is 17.7. The maximum Gasteiger partial charge on any atom is 0.317 e. The predicted molar refractivity (Wildman–Crippen MR) is 77.4 cm³/mol. The maximum absolute atomic E-state index is 11.9. The summed E-state index contributed by atoms with van der Waals surface area (Å²) in [7, 11) is -3.41. The summed E-state index contributed by atoms with van der Waals surface area (Å²) in [6.45, 7) is 4.09. The highest BCUT2D eigenvalue weighted by Crippen LogP contribution is 2.16. The van der Waals surface area contributed by atoms with Gasteiger partial charge in [0.25, 0.3) is 0 Å². The zero-order valence-electron chi connectivity index (χ0n) is 12.3. The maximum atomic E-state index is 11.9. The number of aliphatic carboxylic acids is 1. The van der Waals surface area contributed by atoms with Crippen LogP contribution in [0.2, 0.25) is 0 Å². The molecule has 0 aromatic heterocycles. The largest absolute Gasteiger partial charge is 0.481 e. The second kappa shape index (κ2) is 7.60. The van der Waals surface area contributed by atoms with E-state index in [1.165, 1.54) is 4.90 Å². The van der Waals surface area contributed by atoms with Gasteiger partial charge in [0.15, 0.2) is 0 Å². The summed E-state index contributed by atoms with van der Waals surface area (Å²) in [6, 6.07) is -0.607. The Hall–Kier alpha value is -1.35. The van der Waals surface area contributed by atoms with Crippen molar-refractivity contribution in [1.29, 1.82) is 0 Å². The van der Waals surface area contributed by atoms with Crippen LogP contribution in [0.25, 0.3) is 0 Å². The number of sulfonamides is 1. The van der Waals surface area contributed by atoms with E-state index in [0.717, 1.165) is 0 Å². The van der Waals surface area contributed by atoms with Gasteiger partial charge < -0.3 is 15.3 Å². The van der Waals surface area contributed by atoms with Gasteiger partial charge in [0.05, 0.1) is 11.7 Å². The number of hydrogen-bond donors (Lipinski definition) is 3. The number of piperidine rings is 1. The number of nitrogens with zero attached hydrogens (tertiary/aromatic N) is 1. The van der Waals surface area contributed by atoms with E-state index in [0.29, 0.717) is 19.4 Å². The standard InChI is InChI=1S/C12H23N3O5S/c1-9(2)14-21(19,20)7-5-13-12(18)15-6-3-4-10(8-15)11(16)17/h9-10,14H,3-8H2,1-2H3,(H,13,18)(H,16,17). The van der Waals surface area contributed by atoms with Crippen molar-refractivity contribution in [2.75, 3.05) is 25.4 Å². The molecule has 0 spiro atoms.